The van der Waals surface area contributed by atoms with Crippen molar-refractivity contribution in [2.75, 3.05) is 13.2 Å². The second-order valence-corrected chi connectivity index (χ2v) is 4.55. The maximum absolute atomic E-state index is 11.9. The van der Waals surface area contributed by atoms with Gasteiger partial charge in [-0.3, -0.25) is 0 Å². The Hall–Kier alpha value is -2.13. The Morgan fingerprint density at radius 3 is 2.89 bits per heavy atom. The summed E-state index contributed by atoms with van der Waals surface area (Å²) in [5.41, 5.74) is 1.78. The van der Waals surface area contributed by atoms with Crippen LogP contribution in [0.25, 0.3) is 0 Å². The summed E-state index contributed by atoms with van der Waals surface area (Å²) in [7, 11) is 0. The van der Waals surface area contributed by atoms with Crippen molar-refractivity contribution >= 4 is 5.97 Å². The van der Waals surface area contributed by atoms with E-state index in [1.54, 1.807) is 12.1 Å². The van der Waals surface area contributed by atoms with Crippen molar-refractivity contribution in [3.63, 3.8) is 0 Å². The van der Waals surface area contributed by atoms with E-state index in [0.29, 0.717) is 30.5 Å². The largest absolute Gasteiger partial charge is 0.423 e. The molecule has 3 rings (SSSR count). The van der Waals surface area contributed by atoms with Gasteiger partial charge in [0.15, 0.2) is 0 Å². The number of fused-ring (bicyclic) bond motifs is 1. The average molecular weight is 254 g/mol. The minimum Gasteiger partial charge on any atom is -0.423 e. The van der Waals surface area contributed by atoms with Crippen molar-refractivity contribution in [3.05, 3.63) is 71.5 Å². The van der Waals surface area contributed by atoms with Gasteiger partial charge in [-0.25, -0.2) is 4.79 Å². The second kappa shape index (κ2) is 5.24. The van der Waals surface area contributed by atoms with Gasteiger partial charge in [0.25, 0.3) is 0 Å². The normalized spacial score (nSPS) is 21.2. The summed E-state index contributed by atoms with van der Waals surface area (Å²) in [5.74, 6) is 0.540. The Morgan fingerprint density at radius 2 is 2.05 bits per heavy atom. The molecule has 96 valence electrons. The highest BCUT2D eigenvalue weighted by molar-refractivity contribution is 5.90. The molecule has 1 fully saturated rings. The summed E-state index contributed by atoms with van der Waals surface area (Å²) in [5, 5.41) is 0. The number of carbonyl (C=O) groups is 1. The third-order valence-electron chi connectivity index (χ3n) is 3.22. The number of hydrogen-bond donors (Lipinski definition) is 0. The minimum atomic E-state index is -0.335. The van der Waals surface area contributed by atoms with E-state index in [9.17, 15) is 4.79 Å². The molecular weight excluding hydrogens is 240 g/mol. The van der Waals surface area contributed by atoms with Crippen molar-refractivity contribution in [2.24, 2.45) is 5.92 Å². The predicted molar refractivity (Wildman–Crippen MR) is 71.5 cm³/mol. The van der Waals surface area contributed by atoms with Gasteiger partial charge in [0.1, 0.15) is 5.76 Å². The Labute approximate surface area is 111 Å². The van der Waals surface area contributed by atoms with E-state index in [1.165, 1.54) is 5.57 Å². The van der Waals surface area contributed by atoms with Crippen LogP contribution in [0.5, 0.6) is 0 Å². The average Bonchev–Trinajstić information content (AvgIpc) is 2.82. The molecule has 1 heterocycles. The topological polar surface area (TPSA) is 35.5 Å². The van der Waals surface area contributed by atoms with E-state index in [1.807, 2.05) is 42.5 Å². The van der Waals surface area contributed by atoms with Crippen LogP contribution in [-0.2, 0) is 9.47 Å². The molecule has 0 bridgehead atoms. The summed E-state index contributed by atoms with van der Waals surface area (Å²) in [4.78, 5) is 11.9. The zero-order valence-electron chi connectivity index (χ0n) is 10.4. The molecule has 0 aromatic heterocycles. The smallest absolute Gasteiger partial charge is 0.343 e. The monoisotopic (exact) mass is 254 g/mol. The highest BCUT2D eigenvalue weighted by Crippen LogP contribution is 2.24. The van der Waals surface area contributed by atoms with Crippen molar-refractivity contribution in [2.45, 2.75) is 0 Å². The SMILES string of the molecule is O=C(OC1=CC=C2COCC2C=C1)c1ccccc1. The van der Waals surface area contributed by atoms with Crippen LogP contribution in [-0.4, -0.2) is 19.2 Å². The van der Waals surface area contributed by atoms with Gasteiger partial charge >= 0.3 is 5.97 Å². The van der Waals surface area contributed by atoms with E-state index < -0.39 is 0 Å². The summed E-state index contributed by atoms with van der Waals surface area (Å²) < 4.78 is 10.7. The first-order valence-corrected chi connectivity index (χ1v) is 6.27. The fourth-order valence-electron chi connectivity index (χ4n) is 2.13. The number of rotatable bonds is 2. The highest BCUT2D eigenvalue weighted by Gasteiger charge is 2.20. The molecule has 2 aliphatic rings. The zero-order valence-corrected chi connectivity index (χ0v) is 10.4. The first kappa shape index (κ1) is 11.9. The Balaban J connectivity index is 1.74. The van der Waals surface area contributed by atoms with Crippen molar-refractivity contribution in [1.82, 2.24) is 0 Å². The molecule has 1 saturated heterocycles. The molecule has 3 heteroatoms. The number of hydrogen-bond acceptors (Lipinski definition) is 3. The van der Waals surface area contributed by atoms with Gasteiger partial charge in [-0.2, -0.15) is 0 Å². The number of ether oxygens (including phenoxy) is 2. The first-order valence-electron chi connectivity index (χ1n) is 6.27. The molecule has 1 aliphatic heterocycles. The molecular formula is C16H14O3. The van der Waals surface area contributed by atoms with Crippen LogP contribution in [0.3, 0.4) is 0 Å². The standard InChI is InChI=1S/C16H14O3/c17-16(12-4-2-1-3-5-12)19-15-8-6-13-10-18-11-14(13)7-9-15/h1-9,13H,10-11H2. The van der Waals surface area contributed by atoms with Crippen LogP contribution < -0.4 is 0 Å². The lowest BCUT2D eigenvalue weighted by Gasteiger charge is -2.04. The molecule has 0 radical (unpaired) electrons. The lowest BCUT2D eigenvalue weighted by molar-refractivity contribution is 0.0637. The molecule has 0 saturated carbocycles. The zero-order chi connectivity index (χ0) is 13.1. The predicted octanol–water partition coefficient (Wildman–Crippen LogP) is 2.87. The molecule has 0 spiro atoms. The molecule has 0 amide bonds. The second-order valence-electron chi connectivity index (χ2n) is 4.55. The van der Waals surface area contributed by atoms with Crippen LogP contribution >= 0.6 is 0 Å². The summed E-state index contributed by atoms with van der Waals surface area (Å²) in [6.07, 6.45) is 7.66. The van der Waals surface area contributed by atoms with Crippen LogP contribution in [0.1, 0.15) is 10.4 Å². The number of benzene rings is 1. The quantitative estimate of drug-likeness (QED) is 0.761. The molecule has 1 aliphatic carbocycles. The molecule has 1 atom stereocenters. The summed E-state index contributed by atoms with van der Waals surface area (Å²) >= 11 is 0. The molecule has 1 unspecified atom stereocenters. The summed E-state index contributed by atoms with van der Waals surface area (Å²) in [6, 6.07) is 8.98. The van der Waals surface area contributed by atoms with Gasteiger partial charge in [0.2, 0.25) is 0 Å². The lowest BCUT2D eigenvalue weighted by atomic mass is 10.0. The van der Waals surface area contributed by atoms with Crippen molar-refractivity contribution in [3.8, 4) is 0 Å². The number of esters is 1. The summed E-state index contributed by atoms with van der Waals surface area (Å²) in [6.45, 7) is 1.36. The number of allylic oxidation sites excluding steroid dienone is 3. The molecule has 0 N–H and O–H groups in total. The highest BCUT2D eigenvalue weighted by atomic mass is 16.5. The van der Waals surface area contributed by atoms with E-state index in [-0.39, 0.29) is 5.97 Å². The van der Waals surface area contributed by atoms with Gasteiger partial charge in [0, 0.05) is 5.92 Å². The third-order valence-corrected chi connectivity index (χ3v) is 3.22. The van der Waals surface area contributed by atoms with E-state index >= 15 is 0 Å². The lowest BCUT2D eigenvalue weighted by Crippen LogP contribution is -2.03. The van der Waals surface area contributed by atoms with Gasteiger partial charge in [-0.05, 0) is 29.9 Å². The Morgan fingerprint density at radius 1 is 1.21 bits per heavy atom. The maximum Gasteiger partial charge on any atom is 0.343 e. The van der Waals surface area contributed by atoms with Crippen molar-refractivity contribution in [1.29, 1.82) is 0 Å². The van der Waals surface area contributed by atoms with Crippen LogP contribution in [0.2, 0.25) is 0 Å². The fourth-order valence-corrected chi connectivity index (χ4v) is 2.13. The maximum atomic E-state index is 11.9. The van der Waals surface area contributed by atoms with Crippen LogP contribution in [0.15, 0.2) is 66.0 Å². The third kappa shape index (κ3) is 2.66. The molecule has 1 aromatic rings. The Bertz CT molecular complexity index is 567. The van der Waals surface area contributed by atoms with Gasteiger partial charge < -0.3 is 9.47 Å². The van der Waals surface area contributed by atoms with Gasteiger partial charge in [-0.1, -0.05) is 30.4 Å². The van der Waals surface area contributed by atoms with Crippen LogP contribution in [0, 0.1) is 5.92 Å². The van der Waals surface area contributed by atoms with Crippen molar-refractivity contribution < 1.29 is 14.3 Å². The van der Waals surface area contributed by atoms with Crippen LogP contribution in [0.4, 0.5) is 0 Å². The molecule has 1 aromatic carbocycles. The molecule has 3 nitrogen and oxygen atoms in total. The Kier molecular flexibility index (Phi) is 3.29. The van der Waals surface area contributed by atoms with E-state index in [4.69, 9.17) is 9.47 Å². The van der Waals surface area contributed by atoms with E-state index in [2.05, 4.69) is 0 Å². The van der Waals surface area contributed by atoms with Gasteiger partial charge in [0.05, 0.1) is 18.8 Å². The van der Waals surface area contributed by atoms with E-state index in [0.717, 1.165) is 0 Å². The molecule has 19 heavy (non-hydrogen) atoms. The van der Waals surface area contributed by atoms with Gasteiger partial charge in [-0.15, -0.1) is 0 Å². The first-order chi connectivity index (χ1) is 9.33. The minimum absolute atomic E-state index is 0.309. The fraction of sp³-hybridized carbons (Fsp3) is 0.188. The number of carbonyl (C=O) groups excluding carboxylic acids is 1.